The topological polar surface area (TPSA) is 82.2 Å². The van der Waals surface area contributed by atoms with Gasteiger partial charge in [0.1, 0.15) is 0 Å². The maximum absolute atomic E-state index is 13.4. The molecule has 1 N–H and O–H groups in total. The monoisotopic (exact) mass is 570 g/mol. The van der Waals surface area contributed by atoms with Crippen LogP contribution >= 0.6 is 23.2 Å². The van der Waals surface area contributed by atoms with Crippen molar-refractivity contribution in [3.8, 4) is 0 Å². The second-order valence-electron chi connectivity index (χ2n) is 9.48. The number of urea groups is 1. The Balaban J connectivity index is 1.66. The van der Waals surface area contributed by atoms with Crippen molar-refractivity contribution in [2.75, 3.05) is 39.3 Å². The predicted octanol–water partition coefficient (Wildman–Crippen LogP) is 4.91. The Labute approximate surface area is 238 Å². The minimum atomic E-state index is -0.730. The predicted molar refractivity (Wildman–Crippen MR) is 152 cm³/mol. The second kappa shape index (κ2) is 12.7. The zero-order valence-corrected chi connectivity index (χ0v) is 23.5. The van der Waals surface area contributed by atoms with Gasteiger partial charge in [-0.25, -0.2) is 9.59 Å². The summed E-state index contributed by atoms with van der Waals surface area (Å²) >= 11 is 12.5. The molecule has 206 valence electrons. The smallest absolute Gasteiger partial charge is 0.338 e. The average molecular weight is 572 g/mol. The van der Waals surface area contributed by atoms with E-state index in [0.29, 0.717) is 58.6 Å². The first-order chi connectivity index (χ1) is 18.7. The van der Waals surface area contributed by atoms with Crippen LogP contribution in [0.5, 0.6) is 0 Å². The van der Waals surface area contributed by atoms with E-state index >= 15 is 0 Å². The van der Waals surface area contributed by atoms with Gasteiger partial charge in [0, 0.05) is 49.5 Å². The van der Waals surface area contributed by atoms with Gasteiger partial charge < -0.3 is 15.0 Å². The van der Waals surface area contributed by atoms with Gasteiger partial charge in [0.05, 0.1) is 28.8 Å². The lowest BCUT2D eigenvalue weighted by molar-refractivity contribution is -0.139. The average Bonchev–Trinajstić information content (AvgIpc) is 2.90. The van der Waals surface area contributed by atoms with Gasteiger partial charge in [-0.2, -0.15) is 0 Å². The van der Waals surface area contributed by atoms with Crippen LogP contribution in [0.2, 0.25) is 10.0 Å². The Kier molecular flexibility index (Phi) is 9.32. The summed E-state index contributed by atoms with van der Waals surface area (Å²) in [5.74, 6) is -0.627. The maximum atomic E-state index is 13.4. The number of benzene rings is 2. The summed E-state index contributed by atoms with van der Waals surface area (Å²) in [6, 6.07) is 12.9. The molecule has 0 bridgehead atoms. The van der Waals surface area contributed by atoms with Crippen molar-refractivity contribution in [2.24, 2.45) is 0 Å². The van der Waals surface area contributed by atoms with Crippen molar-refractivity contribution >= 4 is 41.1 Å². The van der Waals surface area contributed by atoms with Crippen molar-refractivity contribution in [2.45, 2.75) is 25.9 Å². The molecule has 2 aromatic rings. The van der Waals surface area contributed by atoms with Gasteiger partial charge >= 0.3 is 12.0 Å². The zero-order chi connectivity index (χ0) is 28.1. The summed E-state index contributed by atoms with van der Waals surface area (Å²) in [7, 11) is 0. The van der Waals surface area contributed by atoms with Gasteiger partial charge in [0.2, 0.25) is 0 Å². The van der Waals surface area contributed by atoms with Crippen LogP contribution < -0.4 is 5.32 Å². The third-order valence-corrected chi connectivity index (χ3v) is 7.44. The fourth-order valence-corrected chi connectivity index (χ4v) is 5.48. The van der Waals surface area contributed by atoms with Crippen LogP contribution in [0.3, 0.4) is 0 Å². The molecule has 2 unspecified atom stereocenters. The SMILES string of the molecule is C=CCN1C(=O)NC(c2cccc(Cl)c2)C(C(=O)OCC)=C1CN1CCN(C(=O)c2ccccc2Cl)C(C)C1. The molecule has 1 fully saturated rings. The number of hydrogen-bond acceptors (Lipinski definition) is 5. The van der Waals surface area contributed by atoms with Crippen LogP contribution in [-0.2, 0) is 9.53 Å². The largest absolute Gasteiger partial charge is 0.463 e. The molecule has 2 aliphatic rings. The van der Waals surface area contributed by atoms with Crippen LogP contribution in [0, 0.1) is 0 Å². The molecule has 0 aliphatic carbocycles. The highest BCUT2D eigenvalue weighted by molar-refractivity contribution is 6.33. The number of piperazine rings is 1. The number of carbonyl (C=O) groups is 3. The van der Waals surface area contributed by atoms with Gasteiger partial charge in [-0.05, 0) is 43.7 Å². The molecule has 1 saturated heterocycles. The third kappa shape index (κ3) is 6.30. The molecule has 2 atom stereocenters. The summed E-state index contributed by atoms with van der Waals surface area (Å²) in [6.07, 6.45) is 1.62. The van der Waals surface area contributed by atoms with E-state index in [1.807, 2.05) is 17.9 Å². The van der Waals surface area contributed by atoms with Crippen molar-refractivity contribution in [1.82, 2.24) is 20.0 Å². The lowest BCUT2D eigenvalue weighted by Crippen LogP contribution is -2.56. The minimum Gasteiger partial charge on any atom is -0.463 e. The summed E-state index contributed by atoms with van der Waals surface area (Å²) in [4.78, 5) is 45.3. The maximum Gasteiger partial charge on any atom is 0.338 e. The molecule has 8 nitrogen and oxygen atoms in total. The Bertz CT molecular complexity index is 1300. The highest BCUT2D eigenvalue weighted by Gasteiger charge is 2.39. The van der Waals surface area contributed by atoms with Gasteiger partial charge in [0.25, 0.3) is 5.91 Å². The molecular formula is C29H32Cl2N4O4. The molecular weight excluding hydrogens is 539 g/mol. The molecule has 0 saturated carbocycles. The zero-order valence-electron chi connectivity index (χ0n) is 22.0. The number of amides is 3. The van der Waals surface area contributed by atoms with Crippen molar-refractivity contribution < 1.29 is 19.1 Å². The molecule has 2 aliphatic heterocycles. The van der Waals surface area contributed by atoms with Gasteiger partial charge in [0.15, 0.2) is 0 Å². The molecule has 3 amide bonds. The van der Waals surface area contributed by atoms with Crippen molar-refractivity contribution in [1.29, 1.82) is 0 Å². The fraction of sp³-hybridized carbons (Fsp3) is 0.345. The molecule has 39 heavy (non-hydrogen) atoms. The lowest BCUT2D eigenvalue weighted by Gasteiger charge is -2.43. The number of rotatable bonds is 8. The highest BCUT2D eigenvalue weighted by Crippen LogP contribution is 2.33. The Morgan fingerprint density at radius 3 is 2.59 bits per heavy atom. The summed E-state index contributed by atoms with van der Waals surface area (Å²) in [5.41, 5.74) is 2.04. The molecule has 4 rings (SSSR count). The number of hydrogen-bond donors (Lipinski definition) is 1. The molecule has 0 aromatic heterocycles. The number of esters is 1. The Hall–Kier alpha value is -3.33. The second-order valence-corrected chi connectivity index (χ2v) is 10.3. The molecule has 2 aromatic carbocycles. The minimum absolute atomic E-state index is 0.120. The van der Waals surface area contributed by atoms with Gasteiger partial charge in [-0.3, -0.25) is 14.6 Å². The standard InChI is InChI=1S/C29H32Cl2N4O4/c1-4-13-35-24(18-33-14-15-34(19(3)17-33)27(36)22-11-6-7-12-23(22)31)25(28(37)39-5-2)26(32-29(35)38)20-9-8-10-21(30)16-20/h4,6-12,16,19,26H,1,5,13-15,17-18H2,2-3H3,(H,32,38). The number of nitrogens with one attached hydrogen (secondary N) is 1. The normalized spacial score (nSPS) is 20.1. The van der Waals surface area contributed by atoms with Crippen LogP contribution in [0.15, 0.2) is 72.5 Å². The Morgan fingerprint density at radius 1 is 1.15 bits per heavy atom. The quantitative estimate of drug-likeness (QED) is 0.360. The molecule has 0 radical (unpaired) electrons. The lowest BCUT2D eigenvalue weighted by atomic mass is 9.94. The molecule has 2 heterocycles. The number of carbonyl (C=O) groups excluding carboxylic acids is 3. The van der Waals surface area contributed by atoms with Crippen LogP contribution in [0.4, 0.5) is 4.79 Å². The van der Waals surface area contributed by atoms with E-state index in [1.165, 1.54) is 4.90 Å². The van der Waals surface area contributed by atoms with E-state index in [4.69, 9.17) is 27.9 Å². The summed E-state index contributed by atoms with van der Waals surface area (Å²) < 4.78 is 5.46. The number of ether oxygens (including phenoxy) is 1. The van der Waals surface area contributed by atoms with E-state index in [9.17, 15) is 14.4 Å². The Morgan fingerprint density at radius 2 is 1.92 bits per heavy atom. The first-order valence-corrected chi connectivity index (χ1v) is 13.6. The number of nitrogens with zero attached hydrogens (tertiary/aromatic N) is 3. The first kappa shape index (κ1) is 28.7. The van der Waals surface area contributed by atoms with E-state index in [2.05, 4.69) is 16.8 Å². The van der Waals surface area contributed by atoms with E-state index in [0.717, 1.165) is 0 Å². The van der Waals surface area contributed by atoms with Crippen LogP contribution in [0.1, 0.15) is 35.8 Å². The van der Waals surface area contributed by atoms with E-state index in [1.54, 1.807) is 55.5 Å². The van der Waals surface area contributed by atoms with Crippen molar-refractivity contribution in [3.63, 3.8) is 0 Å². The fourth-order valence-electron chi connectivity index (χ4n) is 5.06. The van der Waals surface area contributed by atoms with Crippen LogP contribution in [0.25, 0.3) is 0 Å². The van der Waals surface area contributed by atoms with Gasteiger partial charge in [-0.1, -0.05) is 53.5 Å². The van der Waals surface area contributed by atoms with Crippen LogP contribution in [-0.4, -0.2) is 78.0 Å². The van der Waals surface area contributed by atoms with Gasteiger partial charge in [-0.15, -0.1) is 6.58 Å². The summed E-state index contributed by atoms with van der Waals surface area (Å²) in [5, 5.41) is 3.86. The van der Waals surface area contributed by atoms with E-state index in [-0.39, 0.29) is 31.1 Å². The third-order valence-electron chi connectivity index (χ3n) is 6.88. The van der Waals surface area contributed by atoms with Crippen molar-refractivity contribution in [3.05, 3.63) is 93.6 Å². The first-order valence-electron chi connectivity index (χ1n) is 12.9. The highest BCUT2D eigenvalue weighted by atomic mass is 35.5. The molecule has 0 spiro atoms. The molecule has 10 heteroatoms. The summed E-state index contributed by atoms with van der Waals surface area (Å²) in [6.45, 7) is 9.79. The van der Waals surface area contributed by atoms with E-state index < -0.39 is 12.0 Å². The number of halogens is 2.